The lowest BCUT2D eigenvalue weighted by atomic mass is 9.59. The first-order valence-electron chi connectivity index (χ1n) is 12.7. The molecular formula is C30H36N2O. The standard InChI is InChI=1S/C28H34N2O.C2H2/c1-28-12-10-21-14-19-4-6-24(30-31)16-20(19)5-7-25(21)27(28)9-8-26(28)22-3-2-18-11-13-29-17-23(18)15-22;1-2/h2-3,10-11,13,15,17,19-20,25-27,31H,4-9,12,14,16H2,1H3;1-2H/b30-24-;. The topological polar surface area (TPSA) is 45.5 Å². The van der Waals surface area contributed by atoms with Gasteiger partial charge in [0, 0.05) is 17.8 Å². The van der Waals surface area contributed by atoms with Crippen LogP contribution >= 0.6 is 0 Å². The lowest BCUT2D eigenvalue weighted by Gasteiger charge is -2.45. The Morgan fingerprint density at radius 1 is 1.00 bits per heavy atom. The van der Waals surface area contributed by atoms with Crippen molar-refractivity contribution in [2.45, 2.75) is 70.6 Å². The maximum atomic E-state index is 9.29. The second kappa shape index (κ2) is 8.98. The van der Waals surface area contributed by atoms with Crippen LogP contribution in [0.1, 0.15) is 76.2 Å². The smallest absolute Gasteiger partial charge is 0.0573 e. The number of pyridine rings is 1. The van der Waals surface area contributed by atoms with Crippen molar-refractivity contribution in [1.82, 2.24) is 4.98 Å². The van der Waals surface area contributed by atoms with Crippen molar-refractivity contribution < 1.29 is 5.21 Å². The Labute approximate surface area is 198 Å². The van der Waals surface area contributed by atoms with Crippen LogP contribution in [0.3, 0.4) is 0 Å². The molecule has 0 amide bonds. The number of nitrogens with zero attached hydrogens (tertiary/aromatic N) is 2. The number of terminal acetylenes is 1. The fourth-order valence-corrected chi connectivity index (χ4v) is 8.02. The van der Waals surface area contributed by atoms with Gasteiger partial charge >= 0.3 is 0 Å². The third-order valence-corrected chi connectivity index (χ3v) is 9.70. The fourth-order valence-electron chi connectivity index (χ4n) is 8.02. The zero-order valence-electron chi connectivity index (χ0n) is 19.8. The van der Waals surface area contributed by atoms with Gasteiger partial charge in [-0.05, 0) is 116 Å². The minimum Gasteiger partial charge on any atom is -0.411 e. The van der Waals surface area contributed by atoms with Crippen molar-refractivity contribution in [2.24, 2.45) is 34.2 Å². The summed E-state index contributed by atoms with van der Waals surface area (Å²) in [6, 6.07) is 9.21. The molecule has 4 aliphatic carbocycles. The summed E-state index contributed by atoms with van der Waals surface area (Å²) in [6.45, 7) is 2.59. The van der Waals surface area contributed by atoms with Crippen molar-refractivity contribution >= 4 is 16.5 Å². The van der Waals surface area contributed by atoms with E-state index in [2.05, 4.69) is 60.3 Å². The van der Waals surface area contributed by atoms with E-state index in [1.165, 1.54) is 61.3 Å². The summed E-state index contributed by atoms with van der Waals surface area (Å²) in [5, 5.41) is 15.4. The highest BCUT2D eigenvalue weighted by atomic mass is 16.4. The molecule has 3 fully saturated rings. The van der Waals surface area contributed by atoms with E-state index >= 15 is 0 Å². The Hall–Kier alpha value is -2.60. The van der Waals surface area contributed by atoms with Gasteiger partial charge in [0.1, 0.15) is 0 Å². The van der Waals surface area contributed by atoms with Crippen LogP contribution in [0, 0.1) is 41.9 Å². The summed E-state index contributed by atoms with van der Waals surface area (Å²) >= 11 is 0. The van der Waals surface area contributed by atoms with Gasteiger partial charge in [0.25, 0.3) is 0 Å². The molecule has 1 aromatic carbocycles. The average molecular weight is 441 g/mol. The van der Waals surface area contributed by atoms with E-state index in [0.29, 0.717) is 11.3 Å². The number of oxime groups is 1. The molecule has 33 heavy (non-hydrogen) atoms. The van der Waals surface area contributed by atoms with Crippen LogP contribution in [0.25, 0.3) is 10.8 Å². The van der Waals surface area contributed by atoms with Gasteiger partial charge in [0.2, 0.25) is 0 Å². The summed E-state index contributed by atoms with van der Waals surface area (Å²) < 4.78 is 0. The van der Waals surface area contributed by atoms with E-state index in [4.69, 9.17) is 0 Å². The molecule has 172 valence electrons. The van der Waals surface area contributed by atoms with Gasteiger partial charge in [-0.1, -0.05) is 35.9 Å². The maximum Gasteiger partial charge on any atom is 0.0573 e. The van der Waals surface area contributed by atoms with Crippen LogP contribution in [-0.2, 0) is 0 Å². The van der Waals surface area contributed by atoms with Crippen LogP contribution in [0.2, 0.25) is 0 Å². The quantitative estimate of drug-likeness (QED) is 0.218. The number of allylic oxidation sites excluding steroid dienone is 2. The third-order valence-electron chi connectivity index (χ3n) is 9.70. The highest BCUT2D eigenvalue weighted by Crippen LogP contribution is 2.63. The van der Waals surface area contributed by atoms with Crippen molar-refractivity contribution in [3.05, 3.63) is 53.9 Å². The predicted octanol–water partition coefficient (Wildman–Crippen LogP) is 7.36. The van der Waals surface area contributed by atoms with Gasteiger partial charge in [-0.15, -0.1) is 12.8 Å². The van der Waals surface area contributed by atoms with Crippen LogP contribution in [-0.4, -0.2) is 15.9 Å². The molecule has 0 spiro atoms. The Morgan fingerprint density at radius 2 is 1.85 bits per heavy atom. The monoisotopic (exact) mass is 440 g/mol. The highest BCUT2D eigenvalue weighted by Gasteiger charge is 2.52. The molecule has 2 aromatic rings. The second-order valence-corrected chi connectivity index (χ2v) is 11.0. The molecule has 6 atom stereocenters. The van der Waals surface area contributed by atoms with Crippen LogP contribution in [0.5, 0.6) is 0 Å². The largest absolute Gasteiger partial charge is 0.411 e. The molecule has 1 N–H and O–H groups in total. The van der Waals surface area contributed by atoms with Gasteiger partial charge < -0.3 is 5.21 Å². The molecule has 1 heterocycles. The first-order chi connectivity index (χ1) is 16.2. The molecule has 0 radical (unpaired) electrons. The number of aromatic nitrogens is 1. The Morgan fingerprint density at radius 3 is 2.70 bits per heavy atom. The van der Waals surface area contributed by atoms with Gasteiger partial charge in [-0.3, -0.25) is 4.98 Å². The third kappa shape index (κ3) is 3.78. The van der Waals surface area contributed by atoms with E-state index in [-0.39, 0.29) is 0 Å². The van der Waals surface area contributed by atoms with Crippen molar-refractivity contribution in [1.29, 1.82) is 0 Å². The van der Waals surface area contributed by atoms with Crippen molar-refractivity contribution in [2.75, 3.05) is 0 Å². The van der Waals surface area contributed by atoms with Crippen LogP contribution < -0.4 is 0 Å². The lowest BCUT2D eigenvalue weighted by molar-refractivity contribution is 0.135. The normalized spacial score (nSPS) is 36.5. The number of hydrogen-bond donors (Lipinski definition) is 1. The van der Waals surface area contributed by atoms with Crippen molar-refractivity contribution in [3.63, 3.8) is 0 Å². The van der Waals surface area contributed by atoms with E-state index in [9.17, 15) is 5.21 Å². The zero-order chi connectivity index (χ0) is 23.0. The Bertz CT molecular complexity index is 1100. The Kier molecular flexibility index (Phi) is 6.04. The van der Waals surface area contributed by atoms with E-state index in [1.807, 2.05) is 12.4 Å². The first kappa shape index (κ1) is 22.2. The van der Waals surface area contributed by atoms with E-state index in [1.54, 1.807) is 5.57 Å². The molecule has 3 saturated carbocycles. The second-order valence-electron chi connectivity index (χ2n) is 11.0. The summed E-state index contributed by atoms with van der Waals surface area (Å²) in [4.78, 5) is 4.36. The molecular weight excluding hydrogens is 404 g/mol. The van der Waals surface area contributed by atoms with Gasteiger partial charge in [-0.25, -0.2) is 0 Å². The minimum atomic E-state index is 0.372. The predicted molar refractivity (Wildman–Crippen MR) is 135 cm³/mol. The SMILES string of the molecule is C#C.CC12CC=C3CC4CC/C(=N/O)CC4CCC3C1CCC2c1ccc2ccncc2c1. The van der Waals surface area contributed by atoms with Crippen molar-refractivity contribution in [3.8, 4) is 12.8 Å². The number of rotatable bonds is 1. The van der Waals surface area contributed by atoms with Gasteiger partial charge in [0.05, 0.1) is 5.71 Å². The Balaban J connectivity index is 0.00000111. The van der Waals surface area contributed by atoms with Crippen LogP contribution in [0.4, 0.5) is 0 Å². The number of fused-ring (bicyclic) bond motifs is 5. The highest BCUT2D eigenvalue weighted by molar-refractivity contribution is 5.85. The van der Waals surface area contributed by atoms with Crippen LogP contribution in [0.15, 0.2) is 53.5 Å². The molecule has 3 heteroatoms. The van der Waals surface area contributed by atoms with Gasteiger partial charge in [0.15, 0.2) is 0 Å². The zero-order valence-corrected chi connectivity index (χ0v) is 19.8. The average Bonchev–Trinajstić information content (AvgIpc) is 3.10. The summed E-state index contributed by atoms with van der Waals surface area (Å²) in [5.74, 6) is 3.76. The molecule has 6 unspecified atom stereocenters. The molecule has 0 saturated heterocycles. The molecule has 0 aliphatic heterocycles. The summed E-state index contributed by atoms with van der Waals surface area (Å²) in [7, 11) is 0. The first-order valence-corrected chi connectivity index (χ1v) is 12.7. The number of benzene rings is 1. The van der Waals surface area contributed by atoms with E-state index < -0.39 is 0 Å². The fraction of sp³-hybridized carbons (Fsp3) is 0.533. The molecule has 1 aromatic heterocycles. The minimum absolute atomic E-state index is 0.372. The molecule has 6 rings (SSSR count). The number of hydrogen-bond acceptors (Lipinski definition) is 3. The van der Waals surface area contributed by atoms with Gasteiger partial charge in [-0.2, -0.15) is 0 Å². The maximum absolute atomic E-state index is 9.29. The lowest BCUT2D eigenvalue weighted by Crippen LogP contribution is -2.36. The molecule has 4 aliphatic rings. The summed E-state index contributed by atoms with van der Waals surface area (Å²) in [6.07, 6.45) is 25.7. The van der Waals surface area contributed by atoms with E-state index in [0.717, 1.165) is 42.2 Å². The molecule has 0 bridgehead atoms. The summed E-state index contributed by atoms with van der Waals surface area (Å²) in [5.41, 5.74) is 4.71. The molecule has 3 nitrogen and oxygen atoms in total.